The van der Waals surface area contributed by atoms with Gasteiger partial charge in [-0.05, 0) is 80.6 Å². The van der Waals surface area contributed by atoms with E-state index in [1.165, 1.54) is 22.3 Å². The van der Waals surface area contributed by atoms with Gasteiger partial charge < -0.3 is 14.9 Å². The largest absolute Gasteiger partial charge is 1.00 e. The third kappa shape index (κ3) is 5.26. The van der Waals surface area contributed by atoms with Crippen LogP contribution in [0.5, 0.6) is 0 Å². The first-order chi connectivity index (χ1) is 13.3. The van der Waals surface area contributed by atoms with Crippen LogP contribution in [0.25, 0.3) is 4.72 Å². The second-order valence-corrected chi connectivity index (χ2v) is 10.3. The van der Waals surface area contributed by atoms with E-state index in [0.29, 0.717) is 13.1 Å². The van der Waals surface area contributed by atoms with Crippen LogP contribution >= 0.6 is 0 Å². The molecule has 1 saturated heterocycles. The second kappa shape index (κ2) is 9.64. The molecule has 1 fully saturated rings. The van der Waals surface area contributed by atoms with Crippen LogP contribution in [0.1, 0.15) is 35.1 Å². The van der Waals surface area contributed by atoms with Gasteiger partial charge in [0.25, 0.3) is 0 Å². The number of hydrogen-bond acceptors (Lipinski definition) is 5. The summed E-state index contributed by atoms with van der Waals surface area (Å²) in [5.41, 5.74) is 5.80. The summed E-state index contributed by atoms with van der Waals surface area (Å²) < 4.78 is 28.6. The fraction of sp³-hybridized carbons (Fsp3) is 0.650. The van der Waals surface area contributed by atoms with Gasteiger partial charge in [0.15, 0.2) is 16.1 Å². The third-order valence-electron chi connectivity index (χ3n) is 6.12. The molecule has 0 unspecified atom stereocenters. The predicted octanol–water partition coefficient (Wildman–Crippen LogP) is -0.851. The monoisotopic (exact) mass is 444 g/mol. The maximum absolute atomic E-state index is 12.5. The van der Waals surface area contributed by atoms with Crippen molar-refractivity contribution in [2.75, 3.05) is 45.6 Å². The standard InChI is InChI=1S/C20H30N4O3S.K/c1-23(2)9-10-24-12-16(13-24)28(26,27)22-20(25)21-19-17-7-3-5-14(17)11-15-6-4-8-18(15)19;/h11,16H,3-10,12-13H2,1-2H3,(H2,21,22,25);/q;+1/p-1. The Kier molecular flexibility index (Phi) is 7.87. The molecular weight excluding hydrogens is 415 g/mol. The molecule has 0 spiro atoms. The summed E-state index contributed by atoms with van der Waals surface area (Å²) in [6, 6.07) is 1.53. The minimum atomic E-state index is -3.78. The number of benzene rings is 1. The van der Waals surface area contributed by atoms with Crippen LogP contribution in [-0.4, -0.2) is 69.8 Å². The van der Waals surface area contributed by atoms with Gasteiger partial charge in [0.05, 0.1) is 5.25 Å². The minimum Gasteiger partial charge on any atom is -0.423 e. The van der Waals surface area contributed by atoms with E-state index in [0.717, 1.165) is 57.3 Å². The van der Waals surface area contributed by atoms with Crippen LogP contribution in [0.15, 0.2) is 6.07 Å². The first-order valence-corrected chi connectivity index (χ1v) is 11.6. The Bertz CT molecular complexity index is 850. The Hall–Kier alpha value is -0.00364. The van der Waals surface area contributed by atoms with Crippen molar-refractivity contribution in [3.63, 3.8) is 0 Å². The first kappa shape index (κ1) is 23.7. The minimum absolute atomic E-state index is 0. The summed E-state index contributed by atoms with van der Waals surface area (Å²) in [7, 11) is 0.197. The Morgan fingerprint density at radius 2 is 1.72 bits per heavy atom. The number of urea groups is 1. The zero-order chi connectivity index (χ0) is 19.9. The number of nitrogens with one attached hydrogen (secondary N) is 1. The molecule has 0 radical (unpaired) electrons. The van der Waals surface area contributed by atoms with Crippen LogP contribution in [-0.2, 0) is 35.7 Å². The number of carbonyl (C=O) groups is 1. The summed E-state index contributed by atoms with van der Waals surface area (Å²) in [6.45, 7) is 2.61. The molecule has 2 amide bonds. The number of carbonyl (C=O) groups excluding carboxylic acids is 1. The molecule has 29 heavy (non-hydrogen) atoms. The number of hydrogen-bond donors (Lipinski definition) is 1. The van der Waals surface area contributed by atoms with Gasteiger partial charge in [0.2, 0.25) is 0 Å². The van der Waals surface area contributed by atoms with Crippen molar-refractivity contribution in [2.24, 2.45) is 0 Å². The number of fused-ring (bicyclic) bond motifs is 2. The second-order valence-electron chi connectivity index (χ2n) is 8.46. The summed E-state index contributed by atoms with van der Waals surface area (Å²) in [6.07, 6.45) is 6.11. The van der Waals surface area contributed by atoms with Crippen LogP contribution in [0.2, 0.25) is 0 Å². The predicted molar refractivity (Wildman–Crippen MR) is 111 cm³/mol. The first-order valence-electron chi connectivity index (χ1n) is 10.1. The molecule has 4 rings (SSSR count). The molecule has 0 saturated carbocycles. The van der Waals surface area contributed by atoms with Crippen LogP contribution < -0.4 is 56.7 Å². The molecular formula is C20H29KN4O3S. The quantitative estimate of drug-likeness (QED) is 0.578. The van der Waals surface area contributed by atoms with Crippen molar-refractivity contribution < 1.29 is 64.6 Å². The SMILES string of the molecule is CN(C)CCN1CC(S(=O)(=O)[N-]C(=O)Nc2c3c(cc4c2CCC4)CCC3)C1.[K+]. The Morgan fingerprint density at radius 1 is 1.14 bits per heavy atom. The van der Waals surface area contributed by atoms with Gasteiger partial charge in [-0.2, -0.15) is 0 Å². The maximum Gasteiger partial charge on any atom is 1.00 e. The van der Waals surface area contributed by atoms with Gasteiger partial charge in [-0.3, -0.25) is 9.69 Å². The summed E-state index contributed by atoms with van der Waals surface area (Å²) >= 11 is 0. The molecule has 0 aromatic heterocycles. The fourth-order valence-electron chi connectivity index (χ4n) is 4.52. The van der Waals surface area contributed by atoms with Gasteiger partial charge in [-0.1, -0.05) is 6.07 Å². The third-order valence-corrected chi connectivity index (χ3v) is 7.68. The van der Waals surface area contributed by atoms with Crippen LogP contribution in [0.4, 0.5) is 10.5 Å². The van der Waals surface area contributed by atoms with Gasteiger partial charge in [0.1, 0.15) is 0 Å². The summed E-state index contributed by atoms with van der Waals surface area (Å²) in [4.78, 5) is 16.6. The molecule has 1 aliphatic heterocycles. The number of nitrogens with zero attached hydrogens (tertiary/aromatic N) is 3. The van der Waals surface area contributed by atoms with E-state index in [1.54, 1.807) is 0 Å². The average Bonchev–Trinajstić information content (AvgIpc) is 3.20. The van der Waals surface area contributed by atoms with Crippen molar-refractivity contribution in [3.8, 4) is 0 Å². The van der Waals surface area contributed by atoms with Crippen molar-refractivity contribution >= 4 is 21.7 Å². The molecule has 0 atom stereocenters. The van der Waals surface area contributed by atoms with Crippen LogP contribution in [0, 0.1) is 0 Å². The summed E-state index contributed by atoms with van der Waals surface area (Å²) in [5, 5.41) is 2.27. The van der Waals surface area contributed by atoms with Gasteiger partial charge >= 0.3 is 51.4 Å². The normalized spacial score (nSPS) is 18.7. The van der Waals surface area contributed by atoms with E-state index in [-0.39, 0.29) is 51.4 Å². The van der Waals surface area contributed by atoms with E-state index in [1.807, 2.05) is 14.1 Å². The molecule has 2 aliphatic carbocycles. The molecule has 1 aromatic carbocycles. The summed E-state index contributed by atoms with van der Waals surface area (Å²) in [5.74, 6) is 0. The fourth-order valence-corrected chi connectivity index (χ4v) is 5.75. The average molecular weight is 445 g/mol. The molecule has 0 bridgehead atoms. The Labute approximate surface area is 216 Å². The van der Waals surface area contributed by atoms with Gasteiger partial charge in [-0.25, -0.2) is 8.42 Å². The number of aryl methyl sites for hydroxylation is 2. The maximum atomic E-state index is 12.5. The van der Waals surface area contributed by atoms with Crippen molar-refractivity contribution in [2.45, 2.75) is 43.8 Å². The Morgan fingerprint density at radius 3 is 2.28 bits per heavy atom. The molecule has 1 N–H and O–H groups in total. The number of amides is 2. The van der Waals surface area contributed by atoms with E-state index in [4.69, 9.17) is 0 Å². The van der Waals surface area contributed by atoms with Crippen molar-refractivity contribution in [3.05, 3.63) is 33.0 Å². The van der Waals surface area contributed by atoms with Crippen molar-refractivity contribution in [1.29, 1.82) is 0 Å². The van der Waals surface area contributed by atoms with E-state index in [2.05, 4.69) is 25.9 Å². The van der Waals surface area contributed by atoms with E-state index < -0.39 is 21.3 Å². The zero-order valence-electron chi connectivity index (χ0n) is 17.7. The smallest absolute Gasteiger partial charge is 0.423 e. The molecule has 154 valence electrons. The van der Waals surface area contributed by atoms with Crippen LogP contribution in [0.3, 0.4) is 0 Å². The van der Waals surface area contributed by atoms with E-state index >= 15 is 0 Å². The number of likely N-dealkylation sites (N-methyl/N-ethyl adjacent to an activating group) is 1. The Balaban J connectivity index is 0.00000240. The number of anilines is 1. The van der Waals surface area contributed by atoms with Gasteiger partial charge in [-0.15, -0.1) is 0 Å². The zero-order valence-corrected chi connectivity index (χ0v) is 21.6. The number of sulfonamides is 1. The number of likely N-dealkylation sites (tertiary alicyclic amines) is 1. The molecule has 1 aromatic rings. The number of rotatable bonds is 6. The van der Waals surface area contributed by atoms with Gasteiger partial charge in [0, 0.05) is 26.2 Å². The molecule has 3 aliphatic rings. The van der Waals surface area contributed by atoms with Crippen molar-refractivity contribution in [1.82, 2.24) is 9.80 Å². The van der Waals surface area contributed by atoms with E-state index in [9.17, 15) is 13.2 Å². The molecule has 9 heteroatoms. The molecule has 7 nitrogen and oxygen atoms in total. The molecule has 1 heterocycles. The topological polar surface area (TPSA) is 83.8 Å².